The Morgan fingerprint density at radius 2 is 1.89 bits per heavy atom. The van der Waals surface area contributed by atoms with Gasteiger partial charge in [-0.1, -0.05) is 38.5 Å². The maximum atomic E-state index is 10.8. The second-order valence-corrected chi connectivity index (χ2v) is 7.27. The Kier molecular flexibility index (Phi) is 3.68. The number of aliphatic hydroxyl groups is 1. The van der Waals surface area contributed by atoms with Crippen molar-refractivity contribution in [1.29, 1.82) is 0 Å². The molecule has 2 heteroatoms. The molecule has 4 atom stereocenters. The minimum absolute atomic E-state index is 0.0976. The van der Waals surface area contributed by atoms with E-state index in [4.69, 9.17) is 5.73 Å². The molecule has 18 heavy (non-hydrogen) atoms. The van der Waals surface area contributed by atoms with Crippen LogP contribution in [0.15, 0.2) is 0 Å². The van der Waals surface area contributed by atoms with E-state index in [1.807, 2.05) is 0 Å². The van der Waals surface area contributed by atoms with Gasteiger partial charge in [0.25, 0.3) is 0 Å². The van der Waals surface area contributed by atoms with Gasteiger partial charge in [-0.3, -0.25) is 0 Å². The summed E-state index contributed by atoms with van der Waals surface area (Å²) in [7, 11) is 0. The largest absolute Gasteiger partial charge is 0.392 e. The lowest BCUT2D eigenvalue weighted by atomic mass is 9.66. The van der Waals surface area contributed by atoms with Crippen molar-refractivity contribution in [3.63, 3.8) is 0 Å². The van der Waals surface area contributed by atoms with Crippen molar-refractivity contribution < 1.29 is 5.11 Å². The van der Waals surface area contributed by atoms with Crippen LogP contribution >= 0.6 is 0 Å². The van der Waals surface area contributed by atoms with Gasteiger partial charge < -0.3 is 10.8 Å². The number of rotatable bonds is 4. The smallest absolute Gasteiger partial charge is 0.0613 e. The lowest BCUT2D eigenvalue weighted by Crippen LogP contribution is -2.46. The molecule has 0 aromatic heterocycles. The average Bonchev–Trinajstić information content (AvgIpc) is 3.00. The topological polar surface area (TPSA) is 46.2 Å². The van der Waals surface area contributed by atoms with Gasteiger partial charge in [-0.05, 0) is 43.4 Å². The molecule has 0 aromatic rings. The standard InChI is InChI=1S/C16H29NO/c17-11-16(10-13-6-7-14(16)8-13)15(18)9-12-4-2-1-3-5-12/h12-15,18H,1-11,17H2. The predicted octanol–water partition coefficient (Wildman–Crippen LogP) is 3.08. The highest BCUT2D eigenvalue weighted by atomic mass is 16.3. The van der Waals surface area contributed by atoms with Gasteiger partial charge >= 0.3 is 0 Å². The quantitative estimate of drug-likeness (QED) is 0.806. The van der Waals surface area contributed by atoms with Gasteiger partial charge in [-0.15, -0.1) is 0 Å². The van der Waals surface area contributed by atoms with Crippen LogP contribution in [0.2, 0.25) is 0 Å². The Morgan fingerprint density at radius 1 is 1.11 bits per heavy atom. The Hall–Kier alpha value is -0.0800. The van der Waals surface area contributed by atoms with Gasteiger partial charge in [-0.2, -0.15) is 0 Å². The molecule has 104 valence electrons. The summed E-state index contributed by atoms with van der Waals surface area (Å²) in [5.41, 5.74) is 6.20. The van der Waals surface area contributed by atoms with Gasteiger partial charge in [0.05, 0.1) is 6.10 Å². The summed E-state index contributed by atoms with van der Waals surface area (Å²) >= 11 is 0. The van der Waals surface area contributed by atoms with E-state index in [-0.39, 0.29) is 11.5 Å². The van der Waals surface area contributed by atoms with Crippen molar-refractivity contribution in [2.24, 2.45) is 28.9 Å². The number of fused-ring (bicyclic) bond motifs is 2. The molecular weight excluding hydrogens is 222 g/mol. The molecule has 3 aliphatic rings. The lowest BCUT2D eigenvalue weighted by Gasteiger charge is -2.42. The third kappa shape index (κ3) is 2.12. The molecule has 0 spiro atoms. The first-order chi connectivity index (χ1) is 8.74. The molecule has 2 nitrogen and oxygen atoms in total. The van der Waals surface area contributed by atoms with Crippen LogP contribution < -0.4 is 5.73 Å². The minimum atomic E-state index is -0.124. The van der Waals surface area contributed by atoms with E-state index < -0.39 is 0 Å². The fourth-order valence-electron chi connectivity index (χ4n) is 5.25. The molecule has 0 amide bonds. The first-order valence-electron chi connectivity index (χ1n) is 8.13. The zero-order valence-electron chi connectivity index (χ0n) is 11.6. The summed E-state index contributed by atoms with van der Waals surface area (Å²) in [5, 5.41) is 10.8. The van der Waals surface area contributed by atoms with E-state index in [0.717, 1.165) is 24.2 Å². The van der Waals surface area contributed by atoms with Crippen LogP contribution in [0, 0.1) is 23.2 Å². The van der Waals surface area contributed by atoms with Crippen molar-refractivity contribution in [3.8, 4) is 0 Å². The lowest BCUT2D eigenvalue weighted by molar-refractivity contribution is -0.0282. The highest BCUT2D eigenvalue weighted by Crippen LogP contribution is 2.58. The Morgan fingerprint density at radius 3 is 2.44 bits per heavy atom. The Labute approximate surface area is 111 Å². The van der Waals surface area contributed by atoms with Gasteiger partial charge in [0, 0.05) is 12.0 Å². The fourth-order valence-corrected chi connectivity index (χ4v) is 5.25. The first-order valence-corrected chi connectivity index (χ1v) is 8.13. The minimum Gasteiger partial charge on any atom is -0.392 e. The first kappa shape index (κ1) is 12.9. The molecule has 3 fully saturated rings. The van der Waals surface area contributed by atoms with E-state index >= 15 is 0 Å². The summed E-state index contributed by atoms with van der Waals surface area (Å²) in [6.07, 6.45) is 13.0. The van der Waals surface area contributed by atoms with Crippen LogP contribution in [0.3, 0.4) is 0 Å². The monoisotopic (exact) mass is 251 g/mol. The molecule has 0 aliphatic heterocycles. The SMILES string of the molecule is NCC1(C(O)CC2CCCCC2)CC2CCC1C2. The Bertz CT molecular complexity index is 287. The molecule has 0 aromatic carbocycles. The van der Waals surface area contributed by atoms with Crippen LogP contribution in [-0.2, 0) is 0 Å². The van der Waals surface area contributed by atoms with Crippen molar-refractivity contribution >= 4 is 0 Å². The van der Waals surface area contributed by atoms with E-state index in [1.165, 1.54) is 57.8 Å². The normalized spacial score (nSPS) is 42.3. The number of nitrogens with two attached hydrogens (primary N) is 1. The third-order valence-corrected chi connectivity index (χ3v) is 6.35. The van der Waals surface area contributed by atoms with Crippen molar-refractivity contribution in [2.45, 2.75) is 70.3 Å². The van der Waals surface area contributed by atoms with Crippen LogP contribution in [-0.4, -0.2) is 17.8 Å². The number of aliphatic hydroxyl groups excluding tert-OH is 1. The van der Waals surface area contributed by atoms with Crippen molar-refractivity contribution in [1.82, 2.24) is 0 Å². The molecule has 3 saturated carbocycles. The zero-order chi connectivity index (χ0) is 12.6. The second kappa shape index (κ2) is 5.13. The molecule has 0 saturated heterocycles. The molecule has 4 unspecified atom stereocenters. The highest BCUT2D eigenvalue weighted by molar-refractivity contribution is 5.04. The van der Waals surface area contributed by atoms with Gasteiger partial charge in [0.2, 0.25) is 0 Å². The predicted molar refractivity (Wildman–Crippen MR) is 74.1 cm³/mol. The summed E-state index contributed by atoms with van der Waals surface area (Å²) in [6, 6.07) is 0. The third-order valence-electron chi connectivity index (χ3n) is 6.35. The molecule has 0 radical (unpaired) electrons. The van der Waals surface area contributed by atoms with Crippen LogP contribution in [0.25, 0.3) is 0 Å². The summed E-state index contributed by atoms with van der Waals surface area (Å²) in [6.45, 7) is 0.710. The molecule has 3 rings (SSSR count). The van der Waals surface area contributed by atoms with E-state index in [1.54, 1.807) is 0 Å². The molecule has 2 bridgehead atoms. The van der Waals surface area contributed by atoms with E-state index in [0.29, 0.717) is 6.54 Å². The fraction of sp³-hybridized carbons (Fsp3) is 1.00. The molecule has 3 aliphatic carbocycles. The summed E-state index contributed by atoms with van der Waals surface area (Å²) < 4.78 is 0. The van der Waals surface area contributed by atoms with E-state index in [2.05, 4.69) is 0 Å². The maximum Gasteiger partial charge on any atom is 0.0613 e. The summed E-state index contributed by atoms with van der Waals surface area (Å²) in [5.74, 6) is 2.38. The highest BCUT2D eigenvalue weighted by Gasteiger charge is 2.53. The second-order valence-electron chi connectivity index (χ2n) is 7.27. The van der Waals surface area contributed by atoms with Crippen LogP contribution in [0.5, 0.6) is 0 Å². The van der Waals surface area contributed by atoms with Crippen molar-refractivity contribution in [3.05, 3.63) is 0 Å². The summed E-state index contributed by atoms with van der Waals surface area (Å²) in [4.78, 5) is 0. The molecular formula is C16H29NO. The van der Waals surface area contributed by atoms with Gasteiger partial charge in [0.15, 0.2) is 0 Å². The number of hydrogen-bond acceptors (Lipinski definition) is 2. The van der Waals surface area contributed by atoms with Crippen molar-refractivity contribution in [2.75, 3.05) is 6.54 Å². The molecule has 3 N–H and O–H groups in total. The van der Waals surface area contributed by atoms with Gasteiger partial charge in [0.1, 0.15) is 0 Å². The average molecular weight is 251 g/mol. The zero-order valence-corrected chi connectivity index (χ0v) is 11.6. The van der Waals surface area contributed by atoms with Crippen LogP contribution in [0.1, 0.15) is 64.2 Å². The van der Waals surface area contributed by atoms with Gasteiger partial charge in [-0.25, -0.2) is 0 Å². The Balaban J connectivity index is 1.64. The van der Waals surface area contributed by atoms with E-state index in [9.17, 15) is 5.11 Å². The number of hydrogen-bond donors (Lipinski definition) is 2. The van der Waals surface area contributed by atoms with Crippen LogP contribution in [0.4, 0.5) is 0 Å². The maximum absolute atomic E-state index is 10.8. The molecule has 0 heterocycles.